The maximum Gasteiger partial charge on any atom is 0.0371 e. The lowest BCUT2D eigenvalue weighted by atomic mass is 10.2. The van der Waals surface area contributed by atoms with Gasteiger partial charge in [-0.25, -0.2) is 0 Å². The lowest BCUT2D eigenvalue weighted by Crippen LogP contribution is -2.01. The molecular weight excluding hydrogens is 184 g/mol. The Kier molecular flexibility index (Phi) is 5.34. The molecule has 1 heterocycles. The zero-order valence-corrected chi connectivity index (χ0v) is 8.43. The van der Waals surface area contributed by atoms with Gasteiger partial charge in [0.1, 0.15) is 0 Å². The molecule has 0 radical (unpaired) electrons. The highest BCUT2D eigenvalue weighted by Crippen LogP contribution is 2.04. The molecule has 0 saturated heterocycles. The Hall–Kier alpha value is -0.760. The summed E-state index contributed by atoms with van der Waals surface area (Å²) in [6, 6.07) is 3.95. The minimum atomic E-state index is 0.773. The Morgan fingerprint density at radius 1 is 1.15 bits per heavy atom. The molecule has 0 fully saturated rings. The number of pyridine rings is 1. The molecule has 0 saturated carbocycles. The molecule has 0 aliphatic rings. The SMILES string of the molecule is ClCCCCCNc1ccncc1. The van der Waals surface area contributed by atoms with Crippen molar-refractivity contribution in [2.24, 2.45) is 0 Å². The molecule has 2 nitrogen and oxygen atoms in total. The lowest BCUT2D eigenvalue weighted by molar-refractivity contribution is 0.747. The number of rotatable bonds is 6. The molecule has 0 aliphatic carbocycles. The van der Waals surface area contributed by atoms with Gasteiger partial charge in [-0.1, -0.05) is 6.42 Å². The van der Waals surface area contributed by atoms with E-state index in [-0.39, 0.29) is 0 Å². The van der Waals surface area contributed by atoms with Gasteiger partial charge >= 0.3 is 0 Å². The largest absolute Gasteiger partial charge is 0.385 e. The van der Waals surface area contributed by atoms with E-state index in [1.165, 1.54) is 12.8 Å². The van der Waals surface area contributed by atoms with Gasteiger partial charge in [0.15, 0.2) is 0 Å². The van der Waals surface area contributed by atoms with Crippen LogP contribution >= 0.6 is 11.6 Å². The fourth-order valence-electron chi connectivity index (χ4n) is 1.10. The van der Waals surface area contributed by atoms with E-state index in [1.807, 2.05) is 12.1 Å². The first-order valence-corrected chi connectivity index (χ1v) is 5.17. The van der Waals surface area contributed by atoms with Gasteiger partial charge < -0.3 is 5.32 Å². The van der Waals surface area contributed by atoms with Crippen LogP contribution in [-0.4, -0.2) is 17.4 Å². The smallest absolute Gasteiger partial charge is 0.0371 e. The quantitative estimate of drug-likeness (QED) is 0.562. The summed E-state index contributed by atoms with van der Waals surface area (Å²) in [6.07, 6.45) is 7.07. The number of anilines is 1. The second-order valence-corrected chi connectivity index (χ2v) is 3.29. The van der Waals surface area contributed by atoms with E-state index in [0.717, 1.165) is 24.5 Å². The second kappa shape index (κ2) is 6.72. The third kappa shape index (κ3) is 4.73. The summed E-state index contributed by atoms with van der Waals surface area (Å²) in [6.45, 7) is 1.01. The number of halogens is 1. The molecule has 1 N–H and O–H groups in total. The highest BCUT2D eigenvalue weighted by Gasteiger charge is 1.89. The van der Waals surface area contributed by atoms with E-state index < -0.39 is 0 Å². The molecule has 1 aromatic heterocycles. The number of nitrogens with one attached hydrogen (secondary N) is 1. The third-order valence-corrected chi connectivity index (χ3v) is 2.09. The molecule has 13 heavy (non-hydrogen) atoms. The first-order chi connectivity index (χ1) is 6.43. The Balaban J connectivity index is 2.07. The molecule has 3 heteroatoms. The number of alkyl halides is 1. The van der Waals surface area contributed by atoms with Crippen molar-refractivity contribution in [2.45, 2.75) is 19.3 Å². The van der Waals surface area contributed by atoms with Gasteiger partial charge in [-0.2, -0.15) is 0 Å². The van der Waals surface area contributed by atoms with Crippen molar-refractivity contribution >= 4 is 17.3 Å². The van der Waals surface area contributed by atoms with Crippen molar-refractivity contribution in [3.63, 3.8) is 0 Å². The van der Waals surface area contributed by atoms with Gasteiger partial charge in [-0.05, 0) is 25.0 Å². The van der Waals surface area contributed by atoms with Crippen LogP contribution in [0.4, 0.5) is 5.69 Å². The summed E-state index contributed by atoms with van der Waals surface area (Å²) < 4.78 is 0. The van der Waals surface area contributed by atoms with E-state index >= 15 is 0 Å². The van der Waals surface area contributed by atoms with Gasteiger partial charge in [0.25, 0.3) is 0 Å². The molecule has 0 aliphatic heterocycles. The molecule has 0 amide bonds. The normalized spacial score (nSPS) is 9.92. The molecule has 1 rings (SSSR count). The third-order valence-electron chi connectivity index (χ3n) is 1.82. The average molecular weight is 199 g/mol. The fourth-order valence-corrected chi connectivity index (χ4v) is 1.29. The second-order valence-electron chi connectivity index (χ2n) is 2.91. The first kappa shape index (κ1) is 10.3. The van der Waals surface area contributed by atoms with Crippen molar-refractivity contribution in [1.29, 1.82) is 0 Å². The van der Waals surface area contributed by atoms with Crippen LogP contribution in [0.15, 0.2) is 24.5 Å². The number of hydrogen-bond donors (Lipinski definition) is 1. The Morgan fingerprint density at radius 2 is 1.92 bits per heavy atom. The van der Waals surface area contributed by atoms with Crippen molar-refractivity contribution in [3.05, 3.63) is 24.5 Å². The fraction of sp³-hybridized carbons (Fsp3) is 0.500. The van der Waals surface area contributed by atoms with E-state index in [2.05, 4.69) is 10.3 Å². The minimum absolute atomic E-state index is 0.773. The minimum Gasteiger partial charge on any atom is -0.385 e. The molecule has 0 spiro atoms. The Morgan fingerprint density at radius 3 is 2.62 bits per heavy atom. The van der Waals surface area contributed by atoms with Crippen LogP contribution < -0.4 is 5.32 Å². The van der Waals surface area contributed by atoms with Gasteiger partial charge in [0.2, 0.25) is 0 Å². The van der Waals surface area contributed by atoms with Crippen LogP contribution in [0, 0.1) is 0 Å². The molecule has 72 valence electrons. The summed E-state index contributed by atoms with van der Waals surface area (Å²) in [4.78, 5) is 3.95. The molecule has 0 unspecified atom stereocenters. The van der Waals surface area contributed by atoms with Crippen LogP contribution in [0.1, 0.15) is 19.3 Å². The van der Waals surface area contributed by atoms with E-state index in [9.17, 15) is 0 Å². The summed E-state index contributed by atoms with van der Waals surface area (Å²) in [7, 11) is 0. The van der Waals surface area contributed by atoms with Crippen molar-refractivity contribution in [1.82, 2.24) is 4.98 Å². The molecule has 1 aromatic rings. The monoisotopic (exact) mass is 198 g/mol. The predicted octanol–water partition coefficient (Wildman–Crippen LogP) is 2.90. The van der Waals surface area contributed by atoms with Crippen LogP contribution in [0.25, 0.3) is 0 Å². The van der Waals surface area contributed by atoms with Gasteiger partial charge in [-0.3, -0.25) is 4.98 Å². The first-order valence-electron chi connectivity index (χ1n) is 4.63. The Bertz CT molecular complexity index is 213. The van der Waals surface area contributed by atoms with Crippen LogP contribution in [0.5, 0.6) is 0 Å². The number of nitrogens with zero attached hydrogens (tertiary/aromatic N) is 1. The van der Waals surface area contributed by atoms with Gasteiger partial charge in [0, 0.05) is 30.5 Å². The van der Waals surface area contributed by atoms with Crippen molar-refractivity contribution in [2.75, 3.05) is 17.7 Å². The van der Waals surface area contributed by atoms with Crippen molar-refractivity contribution < 1.29 is 0 Å². The highest BCUT2D eigenvalue weighted by atomic mass is 35.5. The van der Waals surface area contributed by atoms with Gasteiger partial charge in [0.05, 0.1) is 0 Å². The van der Waals surface area contributed by atoms with Crippen LogP contribution in [0.3, 0.4) is 0 Å². The maximum absolute atomic E-state index is 5.57. The summed E-state index contributed by atoms with van der Waals surface area (Å²) >= 11 is 5.57. The average Bonchev–Trinajstić information content (AvgIpc) is 2.19. The van der Waals surface area contributed by atoms with Crippen molar-refractivity contribution in [3.8, 4) is 0 Å². The summed E-state index contributed by atoms with van der Waals surface area (Å²) in [5.74, 6) is 0.773. The van der Waals surface area contributed by atoms with E-state index in [1.54, 1.807) is 12.4 Å². The maximum atomic E-state index is 5.57. The molecule has 0 atom stereocenters. The number of aromatic nitrogens is 1. The van der Waals surface area contributed by atoms with Crippen LogP contribution in [-0.2, 0) is 0 Å². The Labute approximate surface area is 84.3 Å². The lowest BCUT2D eigenvalue weighted by Gasteiger charge is -2.04. The molecule has 0 bridgehead atoms. The number of unbranched alkanes of at least 4 members (excludes halogenated alkanes) is 2. The number of hydrogen-bond acceptors (Lipinski definition) is 2. The summed E-state index contributed by atoms with van der Waals surface area (Å²) in [5, 5.41) is 3.32. The highest BCUT2D eigenvalue weighted by molar-refractivity contribution is 6.17. The topological polar surface area (TPSA) is 24.9 Å². The molecule has 0 aromatic carbocycles. The predicted molar refractivity (Wildman–Crippen MR) is 57.3 cm³/mol. The van der Waals surface area contributed by atoms with E-state index in [4.69, 9.17) is 11.6 Å². The van der Waals surface area contributed by atoms with Gasteiger partial charge in [-0.15, -0.1) is 11.6 Å². The van der Waals surface area contributed by atoms with E-state index in [0.29, 0.717) is 0 Å². The standard InChI is InChI=1S/C10H15ClN2/c11-6-2-1-3-7-13-10-4-8-12-9-5-10/h4-5,8-9H,1-3,6-7H2,(H,12,13). The molecular formula is C10H15ClN2. The zero-order chi connectivity index (χ0) is 9.36. The zero-order valence-electron chi connectivity index (χ0n) is 7.67. The summed E-state index contributed by atoms with van der Waals surface area (Å²) in [5.41, 5.74) is 1.14. The van der Waals surface area contributed by atoms with Crippen LogP contribution in [0.2, 0.25) is 0 Å².